The minimum atomic E-state index is -0.169. The molecule has 0 saturated carbocycles. The van der Waals surface area contributed by atoms with E-state index in [9.17, 15) is 15.2 Å². The third kappa shape index (κ3) is 2.76. The number of hydrogen-bond donors (Lipinski definition) is 1. The van der Waals surface area contributed by atoms with Gasteiger partial charge in [-0.15, -0.1) is 0 Å². The van der Waals surface area contributed by atoms with E-state index in [1.807, 2.05) is 12.1 Å². The Labute approximate surface area is 134 Å². The number of rotatable bonds is 3. The van der Waals surface area contributed by atoms with Gasteiger partial charge in [0.1, 0.15) is 23.0 Å². The molecule has 1 aliphatic rings. The van der Waals surface area contributed by atoms with E-state index in [0.717, 1.165) is 12.8 Å². The maximum Gasteiger partial charge on any atom is 0.258 e. The summed E-state index contributed by atoms with van der Waals surface area (Å²) in [6, 6.07) is 5.78. The Morgan fingerprint density at radius 2 is 2.04 bits per heavy atom. The Hall–Kier alpha value is -2.52. The Morgan fingerprint density at radius 1 is 1.39 bits per heavy atom. The van der Waals surface area contributed by atoms with Crippen molar-refractivity contribution in [1.82, 2.24) is 9.47 Å². The van der Waals surface area contributed by atoms with Crippen LogP contribution in [0.5, 0.6) is 0 Å². The van der Waals surface area contributed by atoms with Crippen molar-refractivity contribution in [3.8, 4) is 12.0 Å². The van der Waals surface area contributed by atoms with Gasteiger partial charge in [0, 0.05) is 32.1 Å². The fourth-order valence-electron chi connectivity index (χ4n) is 3.02. The molecule has 23 heavy (non-hydrogen) atoms. The van der Waals surface area contributed by atoms with Crippen molar-refractivity contribution in [1.29, 1.82) is 5.26 Å². The number of likely N-dealkylation sites (tertiary alicyclic amines) is 1. The molecule has 2 aromatic rings. The Bertz CT molecular complexity index is 732. The first-order valence-corrected chi connectivity index (χ1v) is 7.72. The van der Waals surface area contributed by atoms with Crippen molar-refractivity contribution >= 4 is 5.91 Å². The van der Waals surface area contributed by atoms with Crippen LogP contribution < -0.4 is 0 Å². The molecule has 1 fully saturated rings. The molecular formula is C17H19N3O3. The predicted molar refractivity (Wildman–Crippen MR) is 83.2 cm³/mol. The quantitative estimate of drug-likeness (QED) is 0.940. The fraction of sp³-hybridized carbons (Fsp3) is 0.412. The SMILES string of the molecule is Cc1oc(-n2cccc2)c(C#N)c1C(=O)N1CCC(CO)CC1. The van der Waals surface area contributed by atoms with Gasteiger partial charge >= 0.3 is 0 Å². The summed E-state index contributed by atoms with van der Waals surface area (Å²) in [4.78, 5) is 14.6. The zero-order chi connectivity index (χ0) is 16.4. The lowest BCUT2D eigenvalue weighted by Crippen LogP contribution is -2.39. The summed E-state index contributed by atoms with van der Waals surface area (Å²) in [5, 5.41) is 18.7. The second-order valence-corrected chi connectivity index (χ2v) is 5.83. The lowest BCUT2D eigenvalue weighted by molar-refractivity contribution is 0.0649. The summed E-state index contributed by atoms with van der Waals surface area (Å²) in [7, 11) is 0. The van der Waals surface area contributed by atoms with Crippen LogP contribution in [-0.4, -0.2) is 40.2 Å². The highest BCUT2D eigenvalue weighted by Crippen LogP contribution is 2.28. The van der Waals surface area contributed by atoms with Gasteiger partial charge in [-0.25, -0.2) is 0 Å². The maximum atomic E-state index is 12.8. The molecule has 3 heterocycles. The fourth-order valence-corrected chi connectivity index (χ4v) is 3.02. The van der Waals surface area contributed by atoms with Crippen LogP contribution in [0.4, 0.5) is 0 Å². The van der Waals surface area contributed by atoms with Crippen LogP contribution in [0.3, 0.4) is 0 Å². The molecule has 2 aromatic heterocycles. The smallest absolute Gasteiger partial charge is 0.258 e. The first-order chi connectivity index (χ1) is 11.2. The lowest BCUT2D eigenvalue weighted by Gasteiger charge is -2.31. The van der Waals surface area contributed by atoms with Crippen LogP contribution in [0.25, 0.3) is 5.88 Å². The molecule has 0 bridgehead atoms. The number of hydrogen-bond acceptors (Lipinski definition) is 4. The molecule has 1 amide bonds. The molecule has 120 valence electrons. The molecular weight excluding hydrogens is 294 g/mol. The first-order valence-electron chi connectivity index (χ1n) is 7.72. The van der Waals surface area contributed by atoms with Gasteiger partial charge in [0.15, 0.2) is 0 Å². The summed E-state index contributed by atoms with van der Waals surface area (Å²) >= 11 is 0. The molecule has 0 atom stereocenters. The van der Waals surface area contributed by atoms with Crippen LogP contribution in [0, 0.1) is 24.2 Å². The molecule has 3 rings (SSSR count). The Morgan fingerprint density at radius 3 is 2.61 bits per heavy atom. The monoisotopic (exact) mass is 313 g/mol. The average molecular weight is 313 g/mol. The molecule has 1 aliphatic heterocycles. The van der Waals surface area contributed by atoms with Gasteiger partial charge in [0.25, 0.3) is 5.91 Å². The average Bonchev–Trinajstić information content (AvgIpc) is 3.21. The van der Waals surface area contributed by atoms with Gasteiger partial charge in [0.05, 0.1) is 0 Å². The molecule has 6 heteroatoms. The first kappa shape index (κ1) is 15.4. The van der Waals surface area contributed by atoms with Crippen molar-refractivity contribution < 1.29 is 14.3 Å². The van der Waals surface area contributed by atoms with Crippen molar-refractivity contribution in [2.75, 3.05) is 19.7 Å². The van der Waals surface area contributed by atoms with E-state index in [0.29, 0.717) is 30.3 Å². The van der Waals surface area contributed by atoms with Crippen LogP contribution in [0.1, 0.15) is 34.5 Å². The number of amides is 1. The predicted octanol–water partition coefficient (Wildman–Crippen LogP) is 2.09. The highest BCUT2D eigenvalue weighted by Gasteiger charge is 2.30. The molecule has 0 radical (unpaired) electrons. The zero-order valence-corrected chi connectivity index (χ0v) is 13.0. The standard InChI is InChI=1S/C17H19N3O3/c1-12-15(16(22)19-8-4-13(11-21)5-9-19)14(10-18)17(23-12)20-6-2-3-7-20/h2-3,6-7,13,21H,4-5,8-9,11H2,1H3. The zero-order valence-electron chi connectivity index (χ0n) is 13.0. The van der Waals surface area contributed by atoms with Gasteiger partial charge in [0.2, 0.25) is 5.88 Å². The summed E-state index contributed by atoms with van der Waals surface area (Å²) in [5.74, 6) is 0.927. The number of nitriles is 1. The number of carbonyl (C=O) groups excluding carboxylic acids is 1. The van der Waals surface area contributed by atoms with E-state index >= 15 is 0 Å². The number of piperidine rings is 1. The van der Waals surface area contributed by atoms with Gasteiger partial charge in [-0.2, -0.15) is 5.26 Å². The van der Waals surface area contributed by atoms with Crippen LogP contribution >= 0.6 is 0 Å². The molecule has 0 unspecified atom stereocenters. The third-order valence-corrected chi connectivity index (χ3v) is 4.39. The van der Waals surface area contributed by atoms with Gasteiger partial charge < -0.3 is 14.4 Å². The van der Waals surface area contributed by atoms with Crippen LogP contribution in [0.2, 0.25) is 0 Å². The number of furan rings is 1. The minimum Gasteiger partial charge on any atom is -0.443 e. The highest BCUT2D eigenvalue weighted by atomic mass is 16.4. The van der Waals surface area contributed by atoms with E-state index in [4.69, 9.17) is 4.42 Å². The highest BCUT2D eigenvalue weighted by molar-refractivity contribution is 5.98. The number of aromatic nitrogens is 1. The molecule has 0 aromatic carbocycles. The summed E-state index contributed by atoms with van der Waals surface area (Å²) < 4.78 is 7.38. The molecule has 0 spiro atoms. The Kier molecular flexibility index (Phi) is 4.22. The topological polar surface area (TPSA) is 82.4 Å². The van der Waals surface area contributed by atoms with E-state index < -0.39 is 0 Å². The molecule has 6 nitrogen and oxygen atoms in total. The number of aryl methyl sites for hydroxylation is 1. The second-order valence-electron chi connectivity index (χ2n) is 5.83. The van der Waals surface area contributed by atoms with Gasteiger partial charge in [-0.1, -0.05) is 0 Å². The van der Waals surface area contributed by atoms with Gasteiger partial charge in [-0.05, 0) is 37.8 Å². The second kappa shape index (κ2) is 6.31. The number of aliphatic hydroxyl groups is 1. The third-order valence-electron chi connectivity index (χ3n) is 4.39. The lowest BCUT2D eigenvalue weighted by atomic mass is 9.97. The van der Waals surface area contributed by atoms with E-state index in [-0.39, 0.29) is 24.0 Å². The van der Waals surface area contributed by atoms with Crippen molar-refractivity contribution in [2.24, 2.45) is 5.92 Å². The minimum absolute atomic E-state index is 0.161. The summed E-state index contributed by atoms with van der Waals surface area (Å²) in [6.07, 6.45) is 5.12. The van der Waals surface area contributed by atoms with E-state index in [2.05, 4.69) is 6.07 Å². The van der Waals surface area contributed by atoms with Crippen molar-refractivity contribution in [3.05, 3.63) is 41.4 Å². The normalized spacial score (nSPS) is 15.6. The largest absolute Gasteiger partial charge is 0.443 e. The van der Waals surface area contributed by atoms with Crippen LogP contribution in [0.15, 0.2) is 28.9 Å². The maximum absolute atomic E-state index is 12.8. The number of aliphatic hydroxyl groups excluding tert-OH is 1. The Balaban J connectivity index is 1.91. The van der Waals surface area contributed by atoms with E-state index in [1.165, 1.54) is 0 Å². The summed E-state index contributed by atoms with van der Waals surface area (Å²) in [5.41, 5.74) is 0.617. The molecule has 1 saturated heterocycles. The van der Waals surface area contributed by atoms with Crippen LogP contribution in [-0.2, 0) is 0 Å². The number of nitrogens with zero attached hydrogens (tertiary/aromatic N) is 3. The number of carbonyl (C=O) groups is 1. The molecule has 0 aliphatic carbocycles. The molecule has 1 N–H and O–H groups in total. The van der Waals surface area contributed by atoms with Gasteiger partial charge in [-0.3, -0.25) is 9.36 Å². The summed E-state index contributed by atoms with van der Waals surface area (Å²) in [6.45, 7) is 3.06. The van der Waals surface area contributed by atoms with Crippen molar-refractivity contribution in [3.63, 3.8) is 0 Å². The van der Waals surface area contributed by atoms with E-state index in [1.54, 1.807) is 28.8 Å². The van der Waals surface area contributed by atoms with Crippen molar-refractivity contribution in [2.45, 2.75) is 19.8 Å².